The lowest BCUT2D eigenvalue weighted by Gasteiger charge is -2.24. The molecule has 2 fully saturated rings. The molecule has 2 rings (SSSR count). The van der Waals surface area contributed by atoms with Crippen LogP contribution in [0.5, 0.6) is 0 Å². The van der Waals surface area contributed by atoms with Gasteiger partial charge in [0.15, 0.2) is 0 Å². The third-order valence-electron chi connectivity index (χ3n) is 4.39. The number of carbonyl (C=O) groups is 1. The van der Waals surface area contributed by atoms with Gasteiger partial charge in [-0.1, -0.05) is 6.92 Å². The molecule has 1 aliphatic carbocycles. The first-order valence-electron chi connectivity index (χ1n) is 8.26. The molecule has 0 aromatic carbocycles. The number of hydrogen-bond acceptors (Lipinski definition) is 3. The van der Waals surface area contributed by atoms with Crippen molar-refractivity contribution in [3.63, 3.8) is 0 Å². The molecule has 2 amide bonds. The summed E-state index contributed by atoms with van der Waals surface area (Å²) in [6.07, 6.45) is 1.74. The zero-order valence-electron chi connectivity index (χ0n) is 13.3. The predicted molar refractivity (Wildman–Crippen MR) is 86.7 cm³/mol. The van der Waals surface area contributed by atoms with Crippen LogP contribution in [0.15, 0.2) is 0 Å². The van der Waals surface area contributed by atoms with Crippen LogP contribution in [0.3, 0.4) is 0 Å². The fraction of sp³-hybridized carbons (Fsp3) is 0.933. The minimum absolute atomic E-state index is 0.0222. The van der Waals surface area contributed by atoms with Gasteiger partial charge < -0.3 is 10.2 Å². The summed E-state index contributed by atoms with van der Waals surface area (Å²) < 4.78 is 24.9. The standard InChI is InChI=1S/C15H27F2N3OS/c1-2-22-13-5-4-12(10-13)18-15(21)20-7-3-6-19(8-9-20)11-14(16)17/h12-14H,2-11H2,1H3,(H,18,21)/t12-,13+/m0/s1. The molecule has 128 valence electrons. The molecule has 1 heterocycles. The van der Waals surface area contributed by atoms with Gasteiger partial charge in [0.05, 0.1) is 6.54 Å². The molecule has 0 aromatic heterocycles. The van der Waals surface area contributed by atoms with Gasteiger partial charge in [0.25, 0.3) is 6.43 Å². The lowest BCUT2D eigenvalue weighted by Crippen LogP contribution is -2.45. The largest absolute Gasteiger partial charge is 0.335 e. The number of carbonyl (C=O) groups excluding carboxylic acids is 1. The predicted octanol–water partition coefficient (Wildman–Crippen LogP) is 2.64. The summed E-state index contributed by atoms with van der Waals surface area (Å²) in [5, 5.41) is 3.79. The highest BCUT2D eigenvalue weighted by molar-refractivity contribution is 7.99. The van der Waals surface area contributed by atoms with Crippen molar-refractivity contribution in [3.05, 3.63) is 0 Å². The normalized spacial score (nSPS) is 27.2. The Bertz CT molecular complexity index is 360. The molecular weight excluding hydrogens is 308 g/mol. The van der Waals surface area contributed by atoms with Gasteiger partial charge in [-0.15, -0.1) is 0 Å². The number of halogens is 2. The van der Waals surface area contributed by atoms with Crippen molar-refractivity contribution in [2.24, 2.45) is 0 Å². The van der Waals surface area contributed by atoms with Crippen LogP contribution in [0.2, 0.25) is 0 Å². The monoisotopic (exact) mass is 335 g/mol. The molecule has 7 heteroatoms. The van der Waals surface area contributed by atoms with E-state index in [-0.39, 0.29) is 18.6 Å². The molecule has 1 saturated carbocycles. The Morgan fingerprint density at radius 3 is 2.82 bits per heavy atom. The van der Waals surface area contributed by atoms with Crippen LogP contribution in [0.4, 0.5) is 13.6 Å². The average molecular weight is 335 g/mol. The van der Waals surface area contributed by atoms with Gasteiger partial charge in [-0.2, -0.15) is 11.8 Å². The van der Waals surface area contributed by atoms with Gasteiger partial charge in [-0.25, -0.2) is 13.6 Å². The van der Waals surface area contributed by atoms with E-state index in [4.69, 9.17) is 0 Å². The molecule has 0 bridgehead atoms. The molecule has 0 unspecified atom stereocenters. The summed E-state index contributed by atoms with van der Waals surface area (Å²) in [5.74, 6) is 1.12. The van der Waals surface area contributed by atoms with Crippen LogP contribution in [0.1, 0.15) is 32.6 Å². The summed E-state index contributed by atoms with van der Waals surface area (Å²) in [5.41, 5.74) is 0. The van der Waals surface area contributed by atoms with E-state index >= 15 is 0 Å². The molecule has 1 saturated heterocycles. The number of alkyl halides is 2. The first-order chi connectivity index (χ1) is 10.6. The van der Waals surface area contributed by atoms with E-state index < -0.39 is 6.43 Å². The summed E-state index contributed by atoms with van der Waals surface area (Å²) in [6.45, 7) is 4.36. The van der Waals surface area contributed by atoms with Crippen LogP contribution >= 0.6 is 11.8 Å². The Balaban J connectivity index is 1.73. The Labute approximate surface area is 136 Å². The molecule has 1 aliphatic heterocycles. The first kappa shape index (κ1) is 17.8. The number of urea groups is 1. The maximum absolute atomic E-state index is 12.4. The topological polar surface area (TPSA) is 35.6 Å². The second-order valence-electron chi connectivity index (χ2n) is 6.07. The van der Waals surface area contributed by atoms with Gasteiger partial charge in [0.2, 0.25) is 0 Å². The zero-order valence-corrected chi connectivity index (χ0v) is 14.1. The highest BCUT2D eigenvalue weighted by Gasteiger charge is 2.28. The van der Waals surface area contributed by atoms with Crippen LogP contribution < -0.4 is 5.32 Å². The molecule has 0 radical (unpaired) electrons. The molecule has 2 aliphatic rings. The summed E-state index contributed by atoms with van der Waals surface area (Å²) in [7, 11) is 0. The van der Waals surface area contributed by atoms with E-state index in [9.17, 15) is 13.6 Å². The number of amides is 2. The summed E-state index contributed by atoms with van der Waals surface area (Å²) >= 11 is 1.97. The van der Waals surface area contributed by atoms with E-state index in [0.717, 1.165) is 25.0 Å². The van der Waals surface area contributed by atoms with Crippen molar-refractivity contribution in [1.29, 1.82) is 0 Å². The second-order valence-corrected chi connectivity index (χ2v) is 7.65. The fourth-order valence-electron chi connectivity index (χ4n) is 3.28. The van der Waals surface area contributed by atoms with Gasteiger partial charge in [0.1, 0.15) is 0 Å². The van der Waals surface area contributed by atoms with Crippen LogP contribution in [-0.2, 0) is 0 Å². The van der Waals surface area contributed by atoms with E-state index in [0.29, 0.717) is 31.4 Å². The minimum atomic E-state index is -2.30. The van der Waals surface area contributed by atoms with E-state index in [2.05, 4.69) is 12.2 Å². The Morgan fingerprint density at radius 2 is 2.09 bits per heavy atom. The lowest BCUT2D eigenvalue weighted by atomic mass is 10.2. The lowest BCUT2D eigenvalue weighted by molar-refractivity contribution is 0.0903. The molecule has 1 N–H and O–H groups in total. The van der Waals surface area contributed by atoms with Crippen LogP contribution in [-0.4, -0.2) is 72.0 Å². The van der Waals surface area contributed by atoms with Crippen molar-refractivity contribution >= 4 is 17.8 Å². The van der Waals surface area contributed by atoms with Crippen molar-refractivity contribution < 1.29 is 13.6 Å². The maximum atomic E-state index is 12.4. The highest BCUT2D eigenvalue weighted by Crippen LogP contribution is 2.29. The minimum Gasteiger partial charge on any atom is -0.335 e. The SMILES string of the molecule is CCS[C@@H]1CC[C@H](NC(=O)N2CCCN(CC(F)F)CC2)C1. The van der Waals surface area contributed by atoms with Gasteiger partial charge in [-0.05, 0) is 31.4 Å². The number of hydrogen-bond donors (Lipinski definition) is 1. The van der Waals surface area contributed by atoms with Crippen LogP contribution in [0, 0.1) is 0 Å². The Morgan fingerprint density at radius 1 is 1.27 bits per heavy atom. The van der Waals surface area contributed by atoms with Crippen molar-refractivity contribution in [3.8, 4) is 0 Å². The smallest absolute Gasteiger partial charge is 0.317 e. The summed E-state index contributed by atoms with van der Waals surface area (Å²) in [6, 6.07) is 0.253. The number of nitrogens with zero attached hydrogens (tertiary/aromatic N) is 2. The summed E-state index contributed by atoms with van der Waals surface area (Å²) in [4.78, 5) is 15.9. The number of nitrogens with one attached hydrogen (secondary N) is 1. The molecular formula is C15H27F2N3OS. The zero-order chi connectivity index (χ0) is 15.9. The highest BCUT2D eigenvalue weighted by atomic mass is 32.2. The van der Waals surface area contributed by atoms with Gasteiger partial charge in [0, 0.05) is 37.5 Å². The second kappa shape index (κ2) is 8.91. The van der Waals surface area contributed by atoms with Crippen molar-refractivity contribution in [2.75, 3.05) is 38.5 Å². The average Bonchev–Trinajstić information content (AvgIpc) is 2.76. The van der Waals surface area contributed by atoms with E-state index in [1.807, 2.05) is 11.8 Å². The van der Waals surface area contributed by atoms with Crippen LogP contribution in [0.25, 0.3) is 0 Å². The fourth-order valence-corrected chi connectivity index (χ4v) is 4.42. The van der Waals surface area contributed by atoms with Gasteiger partial charge in [-0.3, -0.25) is 4.90 Å². The first-order valence-corrected chi connectivity index (χ1v) is 9.31. The van der Waals surface area contributed by atoms with Crippen molar-refractivity contribution in [2.45, 2.75) is 50.3 Å². The van der Waals surface area contributed by atoms with Crippen molar-refractivity contribution in [1.82, 2.24) is 15.1 Å². The Hall–Kier alpha value is -0.560. The third-order valence-corrected chi connectivity index (χ3v) is 5.62. The Kier molecular flexibility index (Phi) is 7.21. The molecule has 4 nitrogen and oxygen atoms in total. The number of rotatable bonds is 5. The molecule has 0 spiro atoms. The third kappa shape index (κ3) is 5.57. The maximum Gasteiger partial charge on any atom is 0.317 e. The van der Waals surface area contributed by atoms with Gasteiger partial charge >= 0.3 is 6.03 Å². The van der Waals surface area contributed by atoms with E-state index in [1.165, 1.54) is 6.42 Å². The molecule has 2 atom stereocenters. The van der Waals surface area contributed by atoms with E-state index in [1.54, 1.807) is 9.80 Å². The molecule has 22 heavy (non-hydrogen) atoms. The number of thioether (sulfide) groups is 1. The molecule has 0 aromatic rings. The quantitative estimate of drug-likeness (QED) is 0.839.